The molecule has 24 heavy (non-hydrogen) atoms. The van der Waals surface area contributed by atoms with Crippen molar-refractivity contribution in [3.63, 3.8) is 0 Å². The van der Waals surface area contributed by atoms with Gasteiger partial charge < -0.3 is 10.6 Å². The van der Waals surface area contributed by atoms with Crippen LogP contribution < -0.4 is 10.6 Å². The zero-order valence-corrected chi connectivity index (χ0v) is 13.5. The lowest BCUT2D eigenvalue weighted by molar-refractivity contribution is 0.613. The number of rotatable bonds is 6. The predicted octanol–water partition coefficient (Wildman–Crippen LogP) is 4.49. The molecule has 3 rings (SSSR count). The van der Waals surface area contributed by atoms with Crippen molar-refractivity contribution in [2.24, 2.45) is 5.73 Å². The van der Waals surface area contributed by atoms with E-state index in [2.05, 4.69) is 29.2 Å². The van der Waals surface area contributed by atoms with Gasteiger partial charge in [0.25, 0.3) is 0 Å². The minimum absolute atomic E-state index is 0.232. The molecule has 0 aliphatic carbocycles. The van der Waals surface area contributed by atoms with Gasteiger partial charge in [-0.25, -0.2) is 4.39 Å². The molecule has 0 unspecified atom stereocenters. The molecular formula is C21H21FN2. The molecule has 0 aliphatic rings. The van der Waals surface area contributed by atoms with Gasteiger partial charge in [0.15, 0.2) is 0 Å². The Hall–Kier alpha value is -2.65. The van der Waals surface area contributed by atoms with Crippen molar-refractivity contribution in [2.75, 3.05) is 4.90 Å². The molecule has 0 saturated carbocycles. The summed E-state index contributed by atoms with van der Waals surface area (Å²) >= 11 is 0. The van der Waals surface area contributed by atoms with Crippen LogP contribution in [0.25, 0.3) is 0 Å². The van der Waals surface area contributed by atoms with Crippen LogP contribution in [0.15, 0.2) is 78.9 Å². The van der Waals surface area contributed by atoms with Gasteiger partial charge in [0.1, 0.15) is 5.82 Å². The third-order valence-electron chi connectivity index (χ3n) is 4.02. The molecule has 2 N–H and O–H groups in total. The SMILES string of the molecule is NCc1ccc(N(Cc2ccccc2)Cc2ccccc2)c(F)c1. The molecule has 122 valence electrons. The molecular weight excluding hydrogens is 299 g/mol. The molecule has 3 aromatic rings. The molecule has 0 heterocycles. The van der Waals surface area contributed by atoms with Gasteiger partial charge in [-0.15, -0.1) is 0 Å². The van der Waals surface area contributed by atoms with Crippen molar-refractivity contribution in [1.29, 1.82) is 0 Å². The Morgan fingerprint density at radius 1 is 0.708 bits per heavy atom. The molecule has 0 amide bonds. The standard InChI is InChI=1S/C21H21FN2/c22-20-13-19(14-23)11-12-21(20)24(15-17-7-3-1-4-8-17)16-18-9-5-2-6-10-18/h1-13H,14-16,23H2. The Morgan fingerprint density at radius 3 is 1.71 bits per heavy atom. The predicted molar refractivity (Wildman–Crippen MR) is 97.1 cm³/mol. The number of hydrogen-bond acceptors (Lipinski definition) is 2. The van der Waals surface area contributed by atoms with Crippen LogP contribution in [0, 0.1) is 5.82 Å². The summed E-state index contributed by atoms with van der Waals surface area (Å²) in [4.78, 5) is 2.06. The normalized spacial score (nSPS) is 10.6. The first-order valence-corrected chi connectivity index (χ1v) is 8.07. The first kappa shape index (κ1) is 16.2. The lowest BCUT2D eigenvalue weighted by atomic mass is 10.1. The summed E-state index contributed by atoms with van der Waals surface area (Å²) in [6, 6.07) is 25.5. The van der Waals surface area contributed by atoms with Crippen molar-refractivity contribution in [2.45, 2.75) is 19.6 Å². The summed E-state index contributed by atoms with van der Waals surface area (Å²) in [5, 5.41) is 0. The summed E-state index contributed by atoms with van der Waals surface area (Å²) in [6.07, 6.45) is 0. The van der Waals surface area contributed by atoms with E-state index < -0.39 is 0 Å². The maximum absolute atomic E-state index is 14.6. The average molecular weight is 320 g/mol. The van der Waals surface area contributed by atoms with Crippen molar-refractivity contribution in [1.82, 2.24) is 0 Å². The summed E-state index contributed by atoms with van der Waals surface area (Å²) in [7, 11) is 0. The van der Waals surface area contributed by atoms with Crippen molar-refractivity contribution >= 4 is 5.69 Å². The van der Waals surface area contributed by atoms with E-state index in [1.54, 1.807) is 0 Å². The molecule has 0 atom stereocenters. The third kappa shape index (κ3) is 4.00. The van der Waals surface area contributed by atoms with E-state index in [4.69, 9.17) is 5.73 Å². The van der Waals surface area contributed by atoms with Crippen LogP contribution >= 0.6 is 0 Å². The molecule has 0 aromatic heterocycles. The van der Waals surface area contributed by atoms with Gasteiger partial charge in [-0.05, 0) is 28.8 Å². The largest absolute Gasteiger partial charge is 0.361 e. The minimum atomic E-state index is -0.232. The topological polar surface area (TPSA) is 29.3 Å². The lowest BCUT2D eigenvalue weighted by Gasteiger charge is -2.26. The third-order valence-corrected chi connectivity index (χ3v) is 4.02. The van der Waals surface area contributed by atoms with Crippen LogP contribution in [0.2, 0.25) is 0 Å². The Bertz CT molecular complexity index is 731. The van der Waals surface area contributed by atoms with E-state index in [0.717, 1.165) is 16.7 Å². The number of nitrogens with two attached hydrogens (primary N) is 1. The van der Waals surface area contributed by atoms with E-state index in [1.165, 1.54) is 6.07 Å². The average Bonchev–Trinajstić information content (AvgIpc) is 2.63. The summed E-state index contributed by atoms with van der Waals surface area (Å²) < 4.78 is 14.6. The Labute approximate surface area is 142 Å². The van der Waals surface area contributed by atoms with Gasteiger partial charge in [-0.3, -0.25) is 0 Å². The first-order valence-electron chi connectivity index (χ1n) is 8.07. The van der Waals surface area contributed by atoms with Gasteiger partial charge in [-0.1, -0.05) is 66.7 Å². The number of nitrogens with zero attached hydrogens (tertiary/aromatic N) is 1. The molecule has 0 bridgehead atoms. The number of halogens is 1. The van der Waals surface area contributed by atoms with Gasteiger partial charge >= 0.3 is 0 Å². The van der Waals surface area contributed by atoms with Gasteiger partial charge in [0.2, 0.25) is 0 Å². The maximum Gasteiger partial charge on any atom is 0.146 e. The Kier molecular flexibility index (Phi) is 5.24. The quantitative estimate of drug-likeness (QED) is 0.725. The van der Waals surface area contributed by atoms with E-state index in [9.17, 15) is 4.39 Å². The second-order valence-electron chi connectivity index (χ2n) is 5.82. The zero-order chi connectivity index (χ0) is 16.8. The van der Waals surface area contributed by atoms with Crippen molar-refractivity contribution < 1.29 is 4.39 Å². The maximum atomic E-state index is 14.6. The van der Waals surface area contributed by atoms with Crippen LogP contribution in [0.1, 0.15) is 16.7 Å². The molecule has 0 fully saturated rings. The highest BCUT2D eigenvalue weighted by Gasteiger charge is 2.13. The fourth-order valence-corrected chi connectivity index (χ4v) is 2.77. The minimum Gasteiger partial charge on any atom is -0.361 e. The van der Waals surface area contributed by atoms with Gasteiger partial charge in [0, 0.05) is 19.6 Å². The number of benzene rings is 3. The second kappa shape index (κ2) is 7.75. The van der Waals surface area contributed by atoms with Crippen LogP contribution in [0.4, 0.5) is 10.1 Å². The lowest BCUT2D eigenvalue weighted by Crippen LogP contribution is -2.23. The summed E-state index contributed by atoms with van der Waals surface area (Å²) in [6.45, 7) is 1.64. The number of anilines is 1. The van der Waals surface area contributed by atoms with Crippen molar-refractivity contribution in [3.05, 3.63) is 101 Å². The smallest absolute Gasteiger partial charge is 0.146 e. The highest BCUT2D eigenvalue weighted by molar-refractivity contribution is 5.50. The van der Waals surface area contributed by atoms with Gasteiger partial charge in [0.05, 0.1) is 5.69 Å². The van der Waals surface area contributed by atoms with Crippen LogP contribution in [-0.4, -0.2) is 0 Å². The Morgan fingerprint density at radius 2 is 1.25 bits per heavy atom. The summed E-state index contributed by atoms with van der Waals surface area (Å²) in [5.41, 5.74) is 9.31. The first-order chi connectivity index (χ1) is 11.8. The molecule has 0 aliphatic heterocycles. The Balaban J connectivity index is 1.92. The molecule has 0 radical (unpaired) electrons. The van der Waals surface area contributed by atoms with Crippen LogP contribution in [0.3, 0.4) is 0 Å². The van der Waals surface area contributed by atoms with Crippen LogP contribution in [0.5, 0.6) is 0 Å². The van der Waals surface area contributed by atoms with E-state index in [-0.39, 0.29) is 5.82 Å². The van der Waals surface area contributed by atoms with Gasteiger partial charge in [-0.2, -0.15) is 0 Å². The fraction of sp³-hybridized carbons (Fsp3) is 0.143. The number of hydrogen-bond donors (Lipinski definition) is 1. The highest BCUT2D eigenvalue weighted by atomic mass is 19.1. The molecule has 3 aromatic carbocycles. The second-order valence-corrected chi connectivity index (χ2v) is 5.82. The van der Waals surface area contributed by atoms with E-state index in [1.807, 2.05) is 48.5 Å². The highest BCUT2D eigenvalue weighted by Crippen LogP contribution is 2.24. The summed E-state index contributed by atoms with van der Waals surface area (Å²) in [5.74, 6) is -0.232. The van der Waals surface area contributed by atoms with E-state index in [0.29, 0.717) is 25.3 Å². The zero-order valence-electron chi connectivity index (χ0n) is 13.5. The van der Waals surface area contributed by atoms with Crippen molar-refractivity contribution in [3.8, 4) is 0 Å². The fourth-order valence-electron chi connectivity index (χ4n) is 2.77. The molecule has 3 heteroatoms. The van der Waals surface area contributed by atoms with E-state index >= 15 is 0 Å². The molecule has 0 saturated heterocycles. The van der Waals surface area contributed by atoms with Crippen LogP contribution in [-0.2, 0) is 19.6 Å². The molecule has 0 spiro atoms. The monoisotopic (exact) mass is 320 g/mol. The molecule has 2 nitrogen and oxygen atoms in total.